The van der Waals surface area contributed by atoms with E-state index in [9.17, 15) is 15.8 Å². The molecule has 1 N–H and O–H groups in total. The third kappa shape index (κ3) is 2.58. The Kier molecular flexibility index (Phi) is 5.10. The summed E-state index contributed by atoms with van der Waals surface area (Å²) in [7, 11) is 0. The Morgan fingerprint density at radius 1 is 1.09 bits per heavy atom. The Balaban J connectivity index is 1.98. The molecule has 0 radical (unpaired) electrons. The topological polar surface area (TPSA) is 123 Å². The van der Waals surface area contributed by atoms with Crippen molar-refractivity contribution in [2.45, 2.75) is 25.7 Å². The van der Waals surface area contributed by atoms with E-state index >= 15 is 0 Å². The van der Waals surface area contributed by atoms with Crippen molar-refractivity contribution in [1.29, 1.82) is 21.2 Å². The number of nitrogens with zero attached hydrogens (tertiary/aromatic N) is 3. The second-order valence-electron chi connectivity index (χ2n) is 7.78. The molecule has 2 aromatic carbocycles. The van der Waals surface area contributed by atoms with E-state index in [0.717, 1.165) is 0 Å². The summed E-state index contributed by atoms with van der Waals surface area (Å²) >= 11 is 6.21. The Hall–Kier alpha value is -3.57. The van der Waals surface area contributed by atoms with Gasteiger partial charge in [-0.2, -0.15) is 15.8 Å². The molecular weight excluding hydrogens is 428 g/mol. The van der Waals surface area contributed by atoms with Crippen molar-refractivity contribution in [1.82, 2.24) is 0 Å². The molecule has 2 heterocycles. The van der Waals surface area contributed by atoms with E-state index in [2.05, 4.69) is 6.07 Å². The molecule has 4 atom stereocenters. The summed E-state index contributed by atoms with van der Waals surface area (Å²) < 4.78 is 17.9. The quantitative estimate of drug-likeness (QED) is 0.715. The van der Waals surface area contributed by atoms with E-state index in [1.807, 2.05) is 19.1 Å². The zero-order valence-electron chi connectivity index (χ0n) is 17.4. The van der Waals surface area contributed by atoms with Crippen LogP contribution in [0.3, 0.4) is 0 Å². The fourth-order valence-corrected chi connectivity index (χ4v) is 4.97. The first kappa shape index (κ1) is 21.7. The first-order valence-electron chi connectivity index (χ1n) is 10.0. The predicted molar refractivity (Wildman–Crippen MR) is 114 cm³/mol. The van der Waals surface area contributed by atoms with Crippen LogP contribution in [-0.2, 0) is 15.3 Å². The average Bonchev–Trinajstić information content (AvgIpc) is 2.96. The first-order valence-corrected chi connectivity index (χ1v) is 10.4. The molecule has 2 aliphatic heterocycles. The molecule has 2 bridgehead atoms. The smallest absolute Gasteiger partial charge is 0.244 e. The molecule has 2 aromatic rings. The van der Waals surface area contributed by atoms with Crippen LogP contribution in [0.1, 0.15) is 31.1 Å². The largest absolute Gasteiger partial charge is 0.494 e. The van der Waals surface area contributed by atoms with E-state index in [-0.39, 0.29) is 0 Å². The lowest BCUT2D eigenvalue weighted by molar-refractivity contribution is -0.288. The number of rotatable bonds is 4. The highest BCUT2D eigenvalue weighted by molar-refractivity contribution is 6.30. The van der Waals surface area contributed by atoms with Crippen molar-refractivity contribution < 1.29 is 14.2 Å². The van der Waals surface area contributed by atoms with Crippen LogP contribution in [-0.4, -0.2) is 12.5 Å². The molecule has 4 unspecified atom stereocenters. The summed E-state index contributed by atoms with van der Waals surface area (Å²) in [6.45, 7) is 4.00. The van der Waals surface area contributed by atoms with Gasteiger partial charge in [0.25, 0.3) is 0 Å². The Morgan fingerprint density at radius 3 is 2.34 bits per heavy atom. The number of benzene rings is 2. The predicted octanol–water partition coefficient (Wildman–Crippen LogP) is 4.85. The maximum absolute atomic E-state index is 10.3. The van der Waals surface area contributed by atoms with Crippen LogP contribution < -0.4 is 4.74 Å². The van der Waals surface area contributed by atoms with Crippen LogP contribution in [0.25, 0.3) is 0 Å². The molecule has 0 saturated carbocycles. The summed E-state index contributed by atoms with van der Waals surface area (Å²) in [5.41, 5.74) is -2.89. The summed E-state index contributed by atoms with van der Waals surface area (Å²) in [4.78, 5) is 0. The standard InChI is InChI=1S/C24H19ClN4O3/c1-3-30-19-9-7-16(8-10-19)20-22(12-26,13-27)23(14-28)15(2)24(31-20,32-21(23)29)17-5-4-6-18(25)11-17/h4-11,15,20,29H,3H2,1-2H3. The summed E-state index contributed by atoms with van der Waals surface area (Å²) in [6, 6.07) is 19.7. The number of fused-ring (bicyclic) bond motifs is 2. The van der Waals surface area contributed by atoms with Crippen molar-refractivity contribution in [2.24, 2.45) is 16.7 Å². The monoisotopic (exact) mass is 446 g/mol. The van der Waals surface area contributed by atoms with Crippen LogP contribution in [0.4, 0.5) is 0 Å². The van der Waals surface area contributed by atoms with E-state index in [1.165, 1.54) is 0 Å². The first-order chi connectivity index (χ1) is 15.3. The highest BCUT2D eigenvalue weighted by atomic mass is 35.5. The normalized spacial score (nSPS) is 29.8. The Bertz CT molecular complexity index is 1200. The highest BCUT2D eigenvalue weighted by Crippen LogP contribution is 2.69. The number of hydrogen-bond donors (Lipinski definition) is 1. The molecule has 2 fully saturated rings. The molecular formula is C24H19ClN4O3. The van der Waals surface area contributed by atoms with Crippen LogP contribution in [0.2, 0.25) is 5.02 Å². The number of ether oxygens (including phenoxy) is 3. The van der Waals surface area contributed by atoms with Crippen LogP contribution >= 0.6 is 11.6 Å². The molecule has 0 amide bonds. The van der Waals surface area contributed by atoms with E-state index in [1.54, 1.807) is 55.5 Å². The zero-order chi connectivity index (χ0) is 23.1. The fraction of sp³-hybridized carbons (Fsp3) is 0.333. The number of halogens is 1. The van der Waals surface area contributed by atoms with Crippen molar-refractivity contribution in [3.05, 3.63) is 64.7 Å². The third-order valence-electron chi connectivity index (χ3n) is 6.39. The van der Waals surface area contributed by atoms with Crippen molar-refractivity contribution in [3.8, 4) is 24.0 Å². The van der Waals surface area contributed by atoms with Gasteiger partial charge in [0.2, 0.25) is 17.1 Å². The van der Waals surface area contributed by atoms with Gasteiger partial charge in [-0.15, -0.1) is 0 Å². The van der Waals surface area contributed by atoms with Crippen molar-refractivity contribution in [3.63, 3.8) is 0 Å². The van der Waals surface area contributed by atoms with E-state index in [4.69, 9.17) is 31.2 Å². The van der Waals surface area contributed by atoms with Gasteiger partial charge in [-0.1, -0.05) is 42.8 Å². The SMILES string of the molecule is CCOc1ccc(C2OC3(c4cccc(Cl)c4)OC(=N)C(C#N)(C3C)C2(C#N)C#N)cc1. The van der Waals surface area contributed by atoms with Gasteiger partial charge in [0.15, 0.2) is 5.41 Å². The second kappa shape index (κ2) is 7.53. The van der Waals surface area contributed by atoms with Gasteiger partial charge in [0, 0.05) is 10.6 Å². The van der Waals surface area contributed by atoms with Crippen LogP contribution in [0.5, 0.6) is 5.75 Å². The minimum atomic E-state index is -2.02. The molecule has 32 heavy (non-hydrogen) atoms. The Labute approximate surface area is 190 Å². The van der Waals surface area contributed by atoms with E-state index < -0.39 is 34.5 Å². The van der Waals surface area contributed by atoms with Gasteiger partial charge in [-0.3, -0.25) is 5.41 Å². The van der Waals surface area contributed by atoms with Gasteiger partial charge >= 0.3 is 0 Å². The molecule has 0 spiro atoms. The molecule has 160 valence electrons. The van der Waals surface area contributed by atoms with E-state index in [0.29, 0.717) is 28.5 Å². The Morgan fingerprint density at radius 2 is 1.78 bits per heavy atom. The molecule has 2 saturated heterocycles. The molecule has 7 nitrogen and oxygen atoms in total. The maximum Gasteiger partial charge on any atom is 0.244 e. The van der Waals surface area contributed by atoms with Crippen LogP contribution in [0, 0.1) is 56.2 Å². The summed E-state index contributed by atoms with van der Waals surface area (Å²) in [5, 5.41) is 39.9. The lowest BCUT2D eigenvalue weighted by atomic mass is 9.53. The average molecular weight is 447 g/mol. The van der Waals surface area contributed by atoms with Gasteiger partial charge in [0.1, 0.15) is 11.9 Å². The maximum atomic E-state index is 10.3. The zero-order valence-corrected chi connectivity index (χ0v) is 18.2. The highest BCUT2D eigenvalue weighted by Gasteiger charge is 2.79. The number of nitrogens with one attached hydrogen (secondary N) is 1. The lowest BCUT2D eigenvalue weighted by Gasteiger charge is -2.48. The number of hydrogen-bond acceptors (Lipinski definition) is 7. The number of nitriles is 3. The minimum Gasteiger partial charge on any atom is -0.494 e. The van der Waals surface area contributed by atoms with Gasteiger partial charge in [-0.05, 0) is 36.8 Å². The molecule has 8 heteroatoms. The van der Waals surface area contributed by atoms with Gasteiger partial charge in [-0.25, -0.2) is 0 Å². The molecule has 0 aliphatic carbocycles. The molecule has 4 rings (SSSR count). The summed E-state index contributed by atoms with van der Waals surface area (Å²) in [6.07, 6.45) is -1.18. The van der Waals surface area contributed by atoms with Crippen molar-refractivity contribution in [2.75, 3.05) is 6.61 Å². The summed E-state index contributed by atoms with van der Waals surface area (Å²) in [5.74, 6) is -2.27. The van der Waals surface area contributed by atoms with Gasteiger partial charge < -0.3 is 14.2 Å². The van der Waals surface area contributed by atoms with Crippen LogP contribution in [0.15, 0.2) is 48.5 Å². The lowest BCUT2D eigenvalue weighted by Crippen LogP contribution is -2.57. The van der Waals surface area contributed by atoms with Crippen molar-refractivity contribution >= 4 is 17.5 Å². The fourth-order valence-electron chi connectivity index (χ4n) is 4.78. The third-order valence-corrected chi connectivity index (χ3v) is 6.62. The molecule has 0 aromatic heterocycles. The minimum absolute atomic E-state index is 0.423. The van der Waals surface area contributed by atoms with Gasteiger partial charge in [0.05, 0.1) is 30.7 Å². The molecule has 2 aliphatic rings. The second-order valence-corrected chi connectivity index (χ2v) is 8.22.